The molecule has 0 heterocycles. The highest BCUT2D eigenvalue weighted by atomic mass is 19.1. The van der Waals surface area contributed by atoms with Crippen LogP contribution in [0.15, 0.2) is 4.99 Å². The smallest absolute Gasteiger partial charge is 0.234 e. The van der Waals surface area contributed by atoms with Crippen LogP contribution in [-0.2, 0) is 4.79 Å². The van der Waals surface area contributed by atoms with Crippen molar-refractivity contribution in [1.29, 1.82) is 0 Å². The lowest BCUT2D eigenvalue weighted by Gasteiger charge is -2.27. The molecule has 1 saturated carbocycles. The Balaban J connectivity index is 2.58. The van der Waals surface area contributed by atoms with Gasteiger partial charge in [0.1, 0.15) is 5.67 Å². The molecule has 0 N–H and O–H groups in total. The molecule has 3 heteroatoms. The molecule has 0 spiro atoms. The van der Waals surface area contributed by atoms with Gasteiger partial charge in [-0.2, -0.15) is 0 Å². The van der Waals surface area contributed by atoms with E-state index in [0.29, 0.717) is 6.54 Å². The average Bonchev–Trinajstić information content (AvgIpc) is 2.47. The zero-order valence-electron chi connectivity index (χ0n) is 8.22. The maximum Gasteiger partial charge on any atom is 0.234 e. The molecule has 1 aliphatic rings. The van der Waals surface area contributed by atoms with Crippen molar-refractivity contribution in [2.75, 3.05) is 6.54 Å². The number of carbonyl (C=O) groups excluding carboxylic acids is 1. The van der Waals surface area contributed by atoms with Gasteiger partial charge >= 0.3 is 0 Å². The number of rotatable bonds is 3. The fourth-order valence-corrected chi connectivity index (χ4v) is 2.31. The second-order valence-corrected chi connectivity index (χ2v) is 4.29. The molecule has 2 unspecified atom stereocenters. The SMILES string of the molecule is CC(C)(F)C1CCCC1CN=C=O. The van der Waals surface area contributed by atoms with Gasteiger partial charge in [-0.25, -0.2) is 14.2 Å². The van der Waals surface area contributed by atoms with Crippen LogP contribution in [0.5, 0.6) is 0 Å². The average molecular weight is 185 g/mol. The van der Waals surface area contributed by atoms with Crippen molar-refractivity contribution in [2.24, 2.45) is 16.8 Å². The predicted octanol–water partition coefficient (Wildman–Crippen LogP) is 2.49. The molecular weight excluding hydrogens is 169 g/mol. The van der Waals surface area contributed by atoms with Crippen molar-refractivity contribution in [3.8, 4) is 0 Å². The van der Waals surface area contributed by atoms with Crippen LogP contribution in [-0.4, -0.2) is 18.3 Å². The number of alkyl halides is 1. The van der Waals surface area contributed by atoms with Gasteiger partial charge in [-0.1, -0.05) is 6.42 Å². The van der Waals surface area contributed by atoms with E-state index < -0.39 is 5.67 Å². The predicted molar refractivity (Wildman–Crippen MR) is 49.0 cm³/mol. The minimum Gasteiger partial charge on any atom is -0.244 e. The summed E-state index contributed by atoms with van der Waals surface area (Å²) in [5, 5.41) is 0. The Hall–Kier alpha value is -0.690. The topological polar surface area (TPSA) is 29.4 Å². The Bertz CT molecular complexity index is 215. The second-order valence-electron chi connectivity index (χ2n) is 4.29. The highest BCUT2D eigenvalue weighted by molar-refractivity contribution is 5.32. The monoisotopic (exact) mass is 185 g/mol. The molecule has 0 saturated heterocycles. The Morgan fingerprint density at radius 2 is 2.23 bits per heavy atom. The summed E-state index contributed by atoms with van der Waals surface area (Å²) < 4.78 is 13.6. The van der Waals surface area contributed by atoms with Gasteiger partial charge in [0.2, 0.25) is 6.08 Å². The lowest BCUT2D eigenvalue weighted by molar-refractivity contribution is 0.0979. The quantitative estimate of drug-likeness (QED) is 0.490. The third-order valence-electron chi connectivity index (χ3n) is 2.93. The summed E-state index contributed by atoms with van der Waals surface area (Å²) in [5.41, 5.74) is -1.14. The first-order valence-electron chi connectivity index (χ1n) is 4.78. The molecule has 0 bridgehead atoms. The van der Waals surface area contributed by atoms with Crippen LogP contribution < -0.4 is 0 Å². The summed E-state index contributed by atoms with van der Waals surface area (Å²) in [6, 6.07) is 0. The van der Waals surface area contributed by atoms with Crippen molar-refractivity contribution in [3.05, 3.63) is 0 Å². The molecule has 1 aliphatic carbocycles. The zero-order valence-corrected chi connectivity index (χ0v) is 8.22. The molecule has 0 amide bonds. The summed E-state index contributed by atoms with van der Waals surface area (Å²) in [5.74, 6) is 0.297. The van der Waals surface area contributed by atoms with E-state index in [4.69, 9.17) is 0 Å². The van der Waals surface area contributed by atoms with Crippen molar-refractivity contribution < 1.29 is 9.18 Å². The largest absolute Gasteiger partial charge is 0.244 e. The van der Waals surface area contributed by atoms with E-state index in [-0.39, 0.29) is 11.8 Å². The van der Waals surface area contributed by atoms with E-state index in [9.17, 15) is 9.18 Å². The summed E-state index contributed by atoms with van der Waals surface area (Å²) in [6.07, 6.45) is 4.48. The van der Waals surface area contributed by atoms with Crippen LogP contribution in [0.3, 0.4) is 0 Å². The minimum atomic E-state index is -1.14. The first kappa shape index (κ1) is 10.4. The highest BCUT2D eigenvalue weighted by Crippen LogP contribution is 2.40. The molecule has 0 aromatic heterocycles. The molecule has 2 atom stereocenters. The zero-order chi connectivity index (χ0) is 9.90. The number of hydrogen-bond acceptors (Lipinski definition) is 2. The van der Waals surface area contributed by atoms with Gasteiger partial charge in [-0.3, -0.25) is 0 Å². The fourth-order valence-electron chi connectivity index (χ4n) is 2.31. The number of hydrogen-bond donors (Lipinski definition) is 0. The third kappa shape index (κ3) is 2.63. The molecule has 0 radical (unpaired) electrons. The first-order valence-corrected chi connectivity index (χ1v) is 4.78. The van der Waals surface area contributed by atoms with Gasteiger partial charge in [0, 0.05) is 0 Å². The fraction of sp³-hybridized carbons (Fsp3) is 0.900. The van der Waals surface area contributed by atoms with Gasteiger partial charge < -0.3 is 0 Å². The maximum absolute atomic E-state index is 13.6. The molecule has 13 heavy (non-hydrogen) atoms. The molecule has 0 aromatic rings. The third-order valence-corrected chi connectivity index (χ3v) is 2.93. The van der Waals surface area contributed by atoms with Crippen LogP contribution >= 0.6 is 0 Å². The van der Waals surface area contributed by atoms with Crippen molar-refractivity contribution in [1.82, 2.24) is 0 Å². The van der Waals surface area contributed by atoms with E-state index in [0.717, 1.165) is 19.3 Å². The van der Waals surface area contributed by atoms with Crippen molar-refractivity contribution in [3.63, 3.8) is 0 Å². The van der Waals surface area contributed by atoms with Crippen LogP contribution in [0.2, 0.25) is 0 Å². The Morgan fingerprint density at radius 3 is 2.77 bits per heavy atom. The number of aliphatic imine (C=N–C) groups is 1. The highest BCUT2D eigenvalue weighted by Gasteiger charge is 2.38. The molecule has 2 nitrogen and oxygen atoms in total. The molecule has 0 aromatic carbocycles. The van der Waals surface area contributed by atoms with Gasteiger partial charge in [0.25, 0.3) is 0 Å². The van der Waals surface area contributed by atoms with Crippen molar-refractivity contribution in [2.45, 2.75) is 38.8 Å². The van der Waals surface area contributed by atoms with Crippen LogP contribution in [0.25, 0.3) is 0 Å². The van der Waals surface area contributed by atoms with Crippen molar-refractivity contribution >= 4 is 6.08 Å². The van der Waals surface area contributed by atoms with E-state index in [1.807, 2.05) is 0 Å². The van der Waals surface area contributed by atoms with Gasteiger partial charge in [-0.15, -0.1) is 0 Å². The first-order chi connectivity index (χ1) is 6.05. The molecular formula is C10H16FNO. The van der Waals surface area contributed by atoms with E-state index in [2.05, 4.69) is 4.99 Å². The normalized spacial score (nSPS) is 28.5. The summed E-state index contributed by atoms with van der Waals surface area (Å²) >= 11 is 0. The van der Waals surface area contributed by atoms with E-state index in [1.165, 1.54) is 6.08 Å². The minimum absolute atomic E-state index is 0.0598. The second kappa shape index (κ2) is 4.01. The standard InChI is InChI=1S/C10H16FNO/c1-10(2,11)9-5-3-4-8(9)6-12-7-13/h8-9H,3-6H2,1-2H3. The lowest BCUT2D eigenvalue weighted by atomic mass is 9.84. The van der Waals surface area contributed by atoms with E-state index in [1.54, 1.807) is 13.8 Å². The number of isocyanates is 1. The molecule has 1 fully saturated rings. The van der Waals surface area contributed by atoms with Gasteiger partial charge in [0.15, 0.2) is 0 Å². The number of nitrogens with zero attached hydrogens (tertiary/aromatic N) is 1. The van der Waals surface area contributed by atoms with Crippen LogP contribution in [0.4, 0.5) is 4.39 Å². The lowest BCUT2D eigenvalue weighted by Crippen LogP contribution is -2.30. The Morgan fingerprint density at radius 1 is 1.54 bits per heavy atom. The summed E-state index contributed by atoms with van der Waals surface area (Å²) in [4.78, 5) is 13.5. The Kier molecular flexibility index (Phi) is 3.21. The molecule has 0 aliphatic heterocycles. The van der Waals surface area contributed by atoms with E-state index >= 15 is 0 Å². The molecule has 1 rings (SSSR count). The van der Waals surface area contributed by atoms with Gasteiger partial charge in [-0.05, 0) is 38.5 Å². The molecule has 74 valence electrons. The maximum atomic E-state index is 13.6. The summed E-state index contributed by atoms with van der Waals surface area (Å²) in [6.45, 7) is 3.67. The van der Waals surface area contributed by atoms with Gasteiger partial charge in [0.05, 0.1) is 6.54 Å². The van der Waals surface area contributed by atoms with Crippen LogP contribution in [0.1, 0.15) is 33.1 Å². The van der Waals surface area contributed by atoms with Crippen LogP contribution in [0, 0.1) is 11.8 Å². The number of halogens is 1. The summed E-state index contributed by atoms with van der Waals surface area (Å²) in [7, 11) is 0. The Labute approximate surface area is 78.2 Å².